The highest BCUT2D eigenvalue weighted by molar-refractivity contribution is 8.00. The molecule has 0 radical (unpaired) electrons. The SMILES string of the molecule is CC1Sc2ccc(C(C)(C)CN)cc2NC1=O. The van der Waals surface area contributed by atoms with Crippen molar-refractivity contribution in [1.29, 1.82) is 0 Å². The highest BCUT2D eigenvalue weighted by Crippen LogP contribution is 2.37. The Labute approximate surface area is 106 Å². The first-order valence-corrected chi connectivity index (χ1v) is 6.64. The molecule has 1 aliphatic heterocycles. The van der Waals surface area contributed by atoms with Crippen molar-refractivity contribution >= 4 is 23.4 Å². The molecule has 1 amide bonds. The smallest absolute Gasteiger partial charge is 0.237 e. The maximum absolute atomic E-state index is 11.6. The van der Waals surface area contributed by atoms with Gasteiger partial charge >= 0.3 is 0 Å². The first-order chi connectivity index (χ1) is 7.94. The average Bonchev–Trinajstić information content (AvgIpc) is 2.30. The highest BCUT2D eigenvalue weighted by atomic mass is 32.2. The van der Waals surface area contributed by atoms with Crippen LogP contribution in [0.1, 0.15) is 26.3 Å². The number of carbonyl (C=O) groups excluding carboxylic acids is 1. The second kappa shape index (κ2) is 4.35. The number of hydrogen-bond donors (Lipinski definition) is 2. The lowest BCUT2D eigenvalue weighted by Gasteiger charge is -2.27. The number of anilines is 1. The van der Waals surface area contributed by atoms with Gasteiger partial charge in [0.05, 0.1) is 10.9 Å². The Morgan fingerprint density at radius 2 is 2.18 bits per heavy atom. The molecule has 0 saturated carbocycles. The molecule has 0 aromatic heterocycles. The van der Waals surface area contributed by atoms with Gasteiger partial charge in [0.15, 0.2) is 0 Å². The van der Waals surface area contributed by atoms with Crippen LogP contribution in [0.4, 0.5) is 5.69 Å². The van der Waals surface area contributed by atoms with Gasteiger partial charge in [-0.15, -0.1) is 11.8 Å². The second-order valence-corrected chi connectivity index (χ2v) is 6.43. The van der Waals surface area contributed by atoms with Gasteiger partial charge in [0.25, 0.3) is 0 Å². The number of carbonyl (C=O) groups is 1. The van der Waals surface area contributed by atoms with Crippen LogP contribution in [0.2, 0.25) is 0 Å². The third kappa shape index (κ3) is 2.33. The number of hydrogen-bond acceptors (Lipinski definition) is 3. The van der Waals surface area contributed by atoms with Gasteiger partial charge in [0, 0.05) is 16.9 Å². The molecule has 0 spiro atoms. The van der Waals surface area contributed by atoms with E-state index < -0.39 is 0 Å². The molecule has 1 atom stereocenters. The predicted molar refractivity (Wildman–Crippen MR) is 72.5 cm³/mol. The summed E-state index contributed by atoms with van der Waals surface area (Å²) in [5.41, 5.74) is 7.78. The predicted octanol–water partition coefficient (Wildman–Crippen LogP) is 2.36. The number of fused-ring (bicyclic) bond motifs is 1. The standard InChI is InChI=1S/C13H18N2OS/c1-8-12(16)15-10-6-9(13(2,3)7-14)4-5-11(10)17-8/h4-6,8H,7,14H2,1-3H3,(H,15,16). The summed E-state index contributed by atoms with van der Waals surface area (Å²) in [6, 6.07) is 6.21. The van der Waals surface area contributed by atoms with Gasteiger partial charge in [0.1, 0.15) is 0 Å². The van der Waals surface area contributed by atoms with Crippen molar-refractivity contribution < 1.29 is 4.79 Å². The largest absolute Gasteiger partial charge is 0.330 e. The Hall–Kier alpha value is -1.00. The van der Waals surface area contributed by atoms with Crippen LogP contribution in [0.3, 0.4) is 0 Å². The lowest BCUT2D eigenvalue weighted by molar-refractivity contribution is -0.115. The van der Waals surface area contributed by atoms with E-state index in [0.717, 1.165) is 16.1 Å². The van der Waals surface area contributed by atoms with Crippen molar-refractivity contribution in [1.82, 2.24) is 0 Å². The van der Waals surface area contributed by atoms with Crippen molar-refractivity contribution in [3.05, 3.63) is 23.8 Å². The molecule has 92 valence electrons. The maximum atomic E-state index is 11.6. The zero-order valence-electron chi connectivity index (χ0n) is 10.4. The third-order valence-electron chi connectivity index (χ3n) is 3.20. The molecule has 0 bridgehead atoms. The third-order valence-corrected chi connectivity index (χ3v) is 4.38. The van der Waals surface area contributed by atoms with E-state index >= 15 is 0 Å². The molecule has 0 saturated heterocycles. The molecule has 0 fully saturated rings. The van der Waals surface area contributed by atoms with Crippen LogP contribution in [0.15, 0.2) is 23.1 Å². The zero-order valence-corrected chi connectivity index (χ0v) is 11.2. The minimum Gasteiger partial charge on any atom is -0.330 e. The molecule has 2 rings (SSSR count). The van der Waals surface area contributed by atoms with E-state index in [1.54, 1.807) is 11.8 Å². The minimum atomic E-state index is -0.0620. The van der Waals surface area contributed by atoms with Gasteiger partial charge < -0.3 is 11.1 Å². The topological polar surface area (TPSA) is 55.1 Å². The van der Waals surface area contributed by atoms with Crippen LogP contribution in [0.5, 0.6) is 0 Å². The summed E-state index contributed by atoms with van der Waals surface area (Å²) in [5, 5.41) is 2.93. The van der Waals surface area contributed by atoms with E-state index in [4.69, 9.17) is 5.73 Å². The molecule has 1 heterocycles. The fourth-order valence-corrected chi connectivity index (χ4v) is 2.68. The summed E-state index contributed by atoms with van der Waals surface area (Å²) < 4.78 is 0. The van der Waals surface area contributed by atoms with Crippen LogP contribution in [0, 0.1) is 0 Å². The molecule has 4 heteroatoms. The van der Waals surface area contributed by atoms with Crippen LogP contribution in [-0.2, 0) is 10.2 Å². The molecule has 0 aliphatic carbocycles. The maximum Gasteiger partial charge on any atom is 0.237 e. The number of thioether (sulfide) groups is 1. The first kappa shape index (κ1) is 12.5. The molecule has 3 nitrogen and oxygen atoms in total. The summed E-state index contributed by atoms with van der Waals surface area (Å²) in [7, 11) is 0. The Morgan fingerprint density at radius 1 is 1.47 bits per heavy atom. The average molecular weight is 250 g/mol. The Balaban J connectivity index is 2.38. The van der Waals surface area contributed by atoms with Crippen molar-refractivity contribution in [2.45, 2.75) is 36.3 Å². The van der Waals surface area contributed by atoms with E-state index in [9.17, 15) is 4.79 Å². The second-order valence-electron chi connectivity index (χ2n) is 5.05. The quantitative estimate of drug-likeness (QED) is 0.847. The van der Waals surface area contributed by atoms with Crippen molar-refractivity contribution in [2.24, 2.45) is 5.73 Å². The first-order valence-electron chi connectivity index (χ1n) is 5.76. The van der Waals surface area contributed by atoms with Crippen molar-refractivity contribution in [2.75, 3.05) is 11.9 Å². The Bertz CT molecular complexity index is 457. The number of rotatable bonds is 2. The van der Waals surface area contributed by atoms with E-state index in [0.29, 0.717) is 6.54 Å². The van der Waals surface area contributed by atoms with Crippen molar-refractivity contribution in [3.63, 3.8) is 0 Å². The summed E-state index contributed by atoms with van der Waals surface area (Å²) >= 11 is 1.60. The van der Waals surface area contributed by atoms with E-state index in [1.165, 1.54) is 0 Å². The fraction of sp³-hybridized carbons (Fsp3) is 0.462. The molecule has 1 unspecified atom stereocenters. The van der Waals surface area contributed by atoms with Crippen LogP contribution >= 0.6 is 11.8 Å². The van der Waals surface area contributed by atoms with Crippen LogP contribution in [0.25, 0.3) is 0 Å². The molecule has 3 N–H and O–H groups in total. The van der Waals surface area contributed by atoms with E-state index in [-0.39, 0.29) is 16.6 Å². The molecular formula is C13H18N2OS. The van der Waals surface area contributed by atoms with Gasteiger partial charge in [-0.05, 0) is 24.6 Å². The fourth-order valence-electron chi connectivity index (χ4n) is 1.75. The van der Waals surface area contributed by atoms with Gasteiger partial charge in [-0.3, -0.25) is 4.79 Å². The summed E-state index contributed by atoms with van der Waals surface area (Å²) in [6.45, 7) is 6.72. The summed E-state index contributed by atoms with van der Waals surface area (Å²) in [4.78, 5) is 12.8. The molecular weight excluding hydrogens is 232 g/mol. The molecule has 1 aromatic rings. The molecule has 17 heavy (non-hydrogen) atoms. The van der Waals surface area contributed by atoms with Gasteiger partial charge in [-0.25, -0.2) is 0 Å². The lowest BCUT2D eigenvalue weighted by atomic mass is 9.84. The highest BCUT2D eigenvalue weighted by Gasteiger charge is 2.25. The number of nitrogens with two attached hydrogens (primary N) is 1. The van der Waals surface area contributed by atoms with Crippen LogP contribution < -0.4 is 11.1 Å². The number of nitrogens with one attached hydrogen (secondary N) is 1. The normalized spacial score (nSPS) is 19.8. The van der Waals surface area contributed by atoms with Crippen molar-refractivity contribution in [3.8, 4) is 0 Å². The number of amides is 1. The molecule has 1 aliphatic rings. The summed E-state index contributed by atoms with van der Waals surface area (Å²) in [6.07, 6.45) is 0. The molecule has 1 aromatic carbocycles. The van der Waals surface area contributed by atoms with Crippen LogP contribution in [-0.4, -0.2) is 17.7 Å². The number of benzene rings is 1. The lowest BCUT2D eigenvalue weighted by Crippen LogP contribution is -2.30. The monoisotopic (exact) mass is 250 g/mol. The van der Waals surface area contributed by atoms with E-state index in [2.05, 4.69) is 31.3 Å². The minimum absolute atomic E-state index is 0.0177. The van der Waals surface area contributed by atoms with Gasteiger partial charge in [-0.1, -0.05) is 19.9 Å². The van der Waals surface area contributed by atoms with Gasteiger partial charge in [-0.2, -0.15) is 0 Å². The Kier molecular flexibility index (Phi) is 3.19. The Morgan fingerprint density at radius 3 is 2.82 bits per heavy atom. The van der Waals surface area contributed by atoms with E-state index in [1.807, 2.05) is 13.0 Å². The summed E-state index contributed by atoms with van der Waals surface area (Å²) in [5.74, 6) is 0.0743. The zero-order chi connectivity index (χ0) is 12.6. The van der Waals surface area contributed by atoms with Gasteiger partial charge in [0.2, 0.25) is 5.91 Å².